The molecule has 21 heavy (non-hydrogen) atoms. The number of fused-ring (bicyclic) bond motifs is 1. The van der Waals surface area contributed by atoms with Crippen LogP contribution in [0.25, 0.3) is 22.3 Å². The van der Waals surface area contributed by atoms with E-state index in [1.54, 1.807) is 0 Å². The Bertz CT molecular complexity index is 825. The first-order valence-electron chi connectivity index (χ1n) is 7.16. The number of aromatic nitrogens is 4. The zero-order valence-electron chi connectivity index (χ0n) is 11.5. The molecule has 1 aliphatic heterocycles. The quantitative estimate of drug-likeness (QED) is 0.730. The van der Waals surface area contributed by atoms with Gasteiger partial charge < -0.3 is 9.72 Å². The van der Waals surface area contributed by atoms with E-state index < -0.39 is 0 Å². The van der Waals surface area contributed by atoms with Crippen LogP contribution in [0.15, 0.2) is 30.5 Å². The molecule has 2 N–H and O–H groups in total. The summed E-state index contributed by atoms with van der Waals surface area (Å²) in [5, 5.41) is 8.48. The van der Waals surface area contributed by atoms with Gasteiger partial charge >= 0.3 is 0 Å². The molecular formula is C15H16N4OS. The molecule has 6 heteroatoms. The summed E-state index contributed by atoms with van der Waals surface area (Å²) in [5.41, 5.74) is 2.17. The minimum Gasteiger partial charge on any atom is -0.376 e. The summed E-state index contributed by atoms with van der Waals surface area (Å²) in [5.74, 6) is 0.868. The second-order valence-electron chi connectivity index (χ2n) is 5.35. The Hall–Kier alpha value is -1.92. The Kier molecular flexibility index (Phi) is 3.12. The molecule has 0 saturated carbocycles. The first kappa shape index (κ1) is 12.8. The van der Waals surface area contributed by atoms with Crippen LogP contribution in [0.2, 0.25) is 0 Å². The van der Waals surface area contributed by atoms with Crippen molar-refractivity contribution in [1.29, 1.82) is 0 Å². The lowest BCUT2D eigenvalue weighted by molar-refractivity contribution is 0.0970. The van der Waals surface area contributed by atoms with Crippen LogP contribution in [-0.2, 0) is 11.3 Å². The summed E-state index contributed by atoms with van der Waals surface area (Å²) in [4.78, 5) is 3.28. The van der Waals surface area contributed by atoms with Crippen LogP contribution in [0.3, 0.4) is 0 Å². The Labute approximate surface area is 126 Å². The molecule has 4 rings (SSSR count). The van der Waals surface area contributed by atoms with Gasteiger partial charge in [-0.3, -0.25) is 9.67 Å². The minimum absolute atomic E-state index is 0.234. The fourth-order valence-corrected chi connectivity index (χ4v) is 3.15. The summed E-state index contributed by atoms with van der Waals surface area (Å²) in [6.45, 7) is 1.60. The van der Waals surface area contributed by atoms with E-state index >= 15 is 0 Å². The lowest BCUT2D eigenvalue weighted by Crippen LogP contribution is -2.15. The maximum absolute atomic E-state index is 5.72. The van der Waals surface area contributed by atoms with Gasteiger partial charge in [0, 0.05) is 29.3 Å². The third-order valence-corrected chi connectivity index (χ3v) is 4.31. The molecule has 0 spiro atoms. The predicted octanol–water partition coefficient (Wildman–Crippen LogP) is 3.27. The Balaban J connectivity index is 1.80. The van der Waals surface area contributed by atoms with E-state index in [4.69, 9.17) is 17.0 Å². The van der Waals surface area contributed by atoms with E-state index in [1.807, 2.05) is 22.9 Å². The van der Waals surface area contributed by atoms with E-state index in [9.17, 15) is 0 Å². The van der Waals surface area contributed by atoms with Gasteiger partial charge in [0.05, 0.1) is 12.6 Å². The molecule has 1 aromatic carbocycles. The highest BCUT2D eigenvalue weighted by Crippen LogP contribution is 2.28. The third kappa shape index (κ3) is 2.20. The predicted molar refractivity (Wildman–Crippen MR) is 83.7 cm³/mol. The average Bonchev–Trinajstić information content (AvgIpc) is 3.21. The van der Waals surface area contributed by atoms with Gasteiger partial charge in [-0.2, -0.15) is 5.10 Å². The molecule has 1 aliphatic rings. The molecule has 1 unspecified atom stereocenters. The van der Waals surface area contributed by atoms with Crippen LogP contribution in [0, 0.1) is 4.77 Å². The van der Waals surface area contributed by atoms with Crippen LogP contribution in [0.1, 0.15) is 12.8 Å². The molecule has 108 valence electrons. The van der Waals surface area contributed by atoms with E-state index in [1.165, 1.54) is 0 Å². The SMILES string of the molecule is S=c1[nH]nc(-c2c[nH]c3ccccc23)n1CC1CCCO1. The van der Waals surface area contributed by atoms with E-state index in [-0.39, 0.29) is 6.10 Å². The van der Waals surface area contributed by atoms with E-state index in [0.29, 0.717) is 4.77 Å². The molecule has 0 bridgehead atoms. The molecular weight excluding hydrogens is 284 g/mol. The van der Waals surface area contributed by atoms with Gasteiger partial charge in [-0.1, -0.05) is 18.2 Å². The Morgan fingerprint density at radius 1 is 1.38 bits per heavy atom. The number of hydrogen-bond acceptors (Lipinski definition) is 3. The van der Waals surface area contributed by atoms with Crippen molar-refractivity contribution in [3.63, 3.8) is 0 Å². The standard InChI is InChI=1S/C15H16N4OS/c21-15-18-17-14(19(15)9-10-4-3-7-20-10)12-8-16-13-6-2-1-5-11(12)13/h1-2,5-6,8,10,16H,3-4,7,9H2,(H,18,21). The van der Waals surface area contributed by atoms with Gasteiger partial charge in [0.25, 0.3) is 0 Å². The lowest BCUT2D eigenvalue weighted by Gasteiger charge is -2.11. The molecule has 0 aliphatic carbocycles. The molecule has 0 radical (unpaired) electrons. The number of ether oxygens (including phenoxy) is 1. The van der Waals surface area contributed by atoms with Crippen molar-refractivity contribution in [2.24, 2.45) is 0 Å². The van der Waals surface area contributed by atoms with Crippen molar-refractivity contribution < 1.29 is 4.74 Å². The van der Waals surface area contributed by atoms with Gasteiger partial charge in [-0.15, -0.1) is 0 Å². The van der Waals surface area contributed by atoms with Gasteiger partial charge in [0.15, 0.2) is 10.6 Å². The fraction of sp³-hybridized carbons (Fsp3) is 0.333. The van der Waals surface area contributed by atoms with Crippen LogP contribution in [-0.4, -0.2) is 32.5 Å². The molecule has 3 heterocycles. The first-order valence-corrected chi connectivity index (χ1v) is 7.57. The molecule has 1 atom stereocenters. The van der Waals surface area contributed by atoms with Gasteiger partial charge in [0.1, 0.15) is 0 Å². The minimum atomic E-state index is 0.234. The highest BCUT2D eigenvalue weighted by molar-refractivity contribution is 7.71. The maximum atomic E-state index is 5.72. The van der Waals surface area contributed by atoms with E-state index in [2.05, 4.69) is 27.3 Å². The van der Waals surface area contributed by atoms with Crippen LogP contribution in [0.4, 0.5) is 0 Å². The molecule has 1 fully saturated rings. The first-order chi connectivity index (χ1) is 10.3. The number of nitrogens with zero attached hydrogens (tertiary/aromatic N) is 2. The number of benzene rings is 1. The van der Waals surface area contributed by atoms with Crippen molar-refractivity contribution in [1.82, 2.24) is 19.7 Å². The average molecular weight is 300 g/mol. The summed E-state index contributed by atoms with van der Waals surface area (Å²) in [6.07, 6.45) is 4.43. The lowest BCUT2D eigenvalue weighted by atomic mass is 10.1. The Morgan fingerprint density at radius 2 is 2.29 bits per heavy atom. The van der Waals surface area contributed by atoms with Crippen molar-refractivity contribution in [3.05, 3.63) is 35.2 Å². The van der Waals surface area contributed by atoms with Crippen LogP contribution >= 0.6 is 12.2 Å². The molecule has 0 amide bonds. The zero-order valence-corrected chi connectivity index (χ0v) is 12.3. The zero-order chi connectivity index (χ0) is 14.2. The Morgan fingerprint density at radius 3 is 3.14 bits per heavy atom. The fourth-order valence-electron chi connectivity index (χ4n) is 2.94. The number of nitrogens with one attached hydrogen (secondary N) is 2. The smallest absolute Gasteiger partial charge is 0.195 e. The maximum Gasteiger partial charge on any atom is 0.195 e. The number of hydrogen-bond donors (Lipinski definition) is 2. The highest BCUT2D eigenvalue weighted by Gasteiger charge is 2.20. The molecule has 2 aromatic heterocycles. The normalized spacial score (nSPS) is 18.6. The highest BCUT2D eigenvalue weighted by atomic mass is 32.1. The molecule has 5 nitrogen and oxygen atoms in total. The summed E-state index contributed by atoms with van der Waals surface area (Å²) >= 11 is 5.38. The van der Waals surface area contributed by atoms with Crippen LogP contribution in [0.5, 0.6) is 0 Å². The van der Waals surface area contributed by atoms with Gasteiger partial charge in [0.2, 0.25) is 0 Å². The van der Waals surface area contributed by atoms with Crippen LogP contribution < -0.4 is 0 Å². The van der Waals surface area contributed by atoms with Crippen molar-refractivity contribution in [2.75, 3.05) is 6.61 Å². The van der Waals surface area contributed by atoms with Gasteiger partial charge in [-0.05, 0) is 31.1 Å². The van der Waals surface area contributed by atoms with Crippen molar-refractivity contribution >= 4 is 23.1 Å². The van der Waals surface area contributed by atoms with Crippen molar-refractivity contribution in [2.45, 2.75) is 25.5 Å². The summed E-state index contributed by atoms with van der Waals surface area (Å²) < 4.78 is 8.41. The number of aromatic amines is 2. The van der Waals surface area contributed by atoms with Crippen molar-refractivity contribution in [3.8, 4) is 11.4 Å². The summed E-state index contributed by atoms with van der Waals surface area (Å²) in [6, 6.07) is 8.21. The number of para-hydroxylation sites is 1. The third-order valence-electron chi connectivity index (χ3n) is 4.00. The monoisotopic (exact) mass is 300 g/mol. The number of H-pyrrole nitrogens is 2. The topological polar surface area (TPSA) is 58.6 Å². The second-order valence-corrected chi connectivity index (χ2v) is 5.73. The number of rotatable bonds is 3. The molecule has 1 saturated heterocycles. The summed E-state index contributed by atoms with van der Waals surface area (Å²) in [7, 11) is 0. The van der Waals surface area contributed by atoms with Gasteiger partial charge in [-0.25, -0.2) is 0 Å². The molecule has 3 aromatic rings. The second kappa shape index (κ2) is 5.13. The van der Waals surface area contributed by atoms with E-state index in [0.717, 1.165) is 48.3 Å². The largest absolute Gasteiger partial charge is 0.376 e.